The van der Waals surface area contributed by atoms with Crippen molar-refractivity contribution in [2.24, 2.45) is 0 Å². The standard InChI is InChI=1S/C22H26N4O3S2/c1-15-13-26(14-16(2)24-15)17-7-8-20(29-3)19(12-17)25-31(27,28)22-10-9-21(30-22)18-6-4-5-11-23-18/h4-12,15-16,24-25H,13-14H2,1-3H3/t15-,16+. The van der Waals surface area contributed by atoms with E-state index in [-0.39, 0.29) is 4.21 Å². The molecule has 0 saturated carbocycles. The fraction of sp³-hybridized carbons (Fsp3) is 0.318. The molecule has 3 aromatic rings. The second-order valence-corrected chi connectivity index (χ2v) is 10.7. The van der Waals surface area contributed by atoms with Crippen LogP contribution in [0.3, 0.4) is 0 Å². The van der Waals surface area contributed by atoms with Crippen molar-refractivity contribution in [1.29, 1.82) is 0 Å². The number of sulfonamides is 1. The number of anilines is 2. The van der Waals surface area contributed by atoms with Crippen molar-refractivity contribution in [1.82, 2.24) is 10.3 Å². The van der Waals surface area contributed by atoms with E-state index < -0.39 is 10.0 Å². The summed E-state index contributed by atoms with van der Waals surface area (Å²) in [6, 6.07) is 15.3. The normalized spacial score (nSPS) is 19.3. The van der Waals surface area contributed by atoms with E-state index in [4.69, 9.17) is 4.74 Å². The molecule has 2 N–H and O–H groups in total. The van der Waals surface area contributed by atoms with Crippen molar-refractivity contribution < 1.29 is 13.2 Å². The zero-order chi connectivity index (χ0) is 22.0. The number of hydrogen-bond donors (Lipinski definition) is 2. The Bertz CT molecular complexity index is 1140. The number of ether oxygens (including phenoxy) is 1. The number of nitrogens with one attached hydrogen (secondary N) is 2. The molecular formula is C22H26N4O3S2. The summed E-state index contributed by atoms with van der Waals surface area (Å²) in [7, 11) is -2.24. The second-order valence-electron chi connectivity index (χ2n) is 7.70. The van der Waals surface area contributed by atoms with Crippen LogP contribution in [0.4, 0.5) is 11.4 Å². The highest BCUT2D eigenvalue weighted by Crippen LogP contribution is 2.35. The van der Waals surface area contributed by atoms with Gasteiger partial charge < -0.3 is 15.0 Å². The Morgan fingerprint density at radius 1 is 1.13 bits per heavy atom. The molecule has 7 nitrogen and oxygen atoms in total. The molecule has 2 aromatic heterocycles. The largest absolute Gasteiger partial charge is 0.495 e. The SMILES string of the molecule is COc1ccc(N2C[C@@H](C)N[C@@H](C)C2)cc1NS(=O)(=O)c1ccc(-c2ccccn2)s1. The molecular weight excluding hydrogens is 432 g/mol. The molecule has 0 aliphatic carbocycles. The second kappa shape index (κ2) is 8.86. The molecule has 1 saturated heterocycles. The Morgan fingerprint density at radius 3 is 2.58 bits per heavy atom. The third-order valence-corrected chi connectivity index (χ3v) is 8.08. The molecule has 0 bridgehead atoms. The third kappa shape index (κ3) is 4.84. The summed E-state index contributed by atoms with van der Waals surface area (Å²) in [6.45, 7) is 5.99. The maximum atomic E-state index is 13.1. The van der Waals surface area contributed by atoms with Crippen LogP contribution in [0.1, 0.15) is 13.8 Å². The van der Waals surface area contributed by atoms with Gasteiger partial charge in [-0.05, 0) is 56.3 Å². The molecule has 1 fully saturated rings. The van der Waals surface area contributed by atoms with Crippen LogP contribution in [0.5, 0.6) is 5.75 Å². The van der Waals surface area contributed by atoms with Crippen molar-refractivity contribution in [3.05, 3.63) is 54.7 Å². The van der Waals surface area contributed by atoms with Crippen LogP contribution in [0, 0.1) is 0 Å². The first-order valence-electron chi connectivity index (χ1n) is 10.1. The number of pyridine rings is 1. The molecule has 9 heteroatoms. The molecule has 4 rings (SSSR count). The van der Waals surface area contributed by atoms with Crippen molar-refractivity contribution >= 4 is 32.7 Å². The Morgan fingerprint density at radius 2 is 1.90 bits per heavy atom. The number of rotatable bonds is 6. The number of piperazine rings is 1. The van der Waals surface area contributed by atoms with E-state index in [0.717, 1.165) is 29.3 Å². The summed E-state index contributed by atoms with van der Waals surface area (Å²) in [5, 5.41) is 3.51. The average Bonchev–Trinajstić information content (AvgIpc) is 3.25. The highest BCUT2D eigenvalue weighted by atomic mass is 32.2. The van der Waals surface area contributed by atoms with Crippen LogP contribution in [-0.4, -0.2) is 45.7 Å². The summed E-state index contributed by atoms with van der Waals surface area (Å²) in [6.07, 6.45) is 1.69. The van der Waals surface area contributed by atoms with Gasteiger partial charge in [0.25, 0.3) is 10.0 Å². The smallest absolute Gasteiger partial charge is 0.271 e. The van der Waals surface area contributed by atoms with Gasteiger partial charge in [-0.15, -0.1) is 11.3 Å². The van der Waals surface area contributed by atoms with Crippen molar-refractivity contribution in [2.45, 2.75) is 30.1 Å². The summed E-state index contributed by atoms with van der Waals surface area (Å²) in [5.74, 6) is 0.477. The molecule has 0 radical (unpaired) electrons. The summed E-state index contributed by atoms with van der Waals surface area (Å²) < 4.78 is 34.6. The predicted octanol–water partition coefficient (Wildman–Crippen LogP) is 3.81. The van der Waals surface area contributed by atoms with E-state index >= 15 is 0 Å². The first-order chi connectivity index (χ1) is 14.9. The van der Waals surface area contributed by atoms with E-state index in [1.54, 1.807) is 24.4 Å². The topological polar surface area (TPSA) is 83.6 Å². The number of aromatic nitrogens is 1. The zero-order valence-corrected chi connectivity index (χ0v) is 19.3. The molecule has 2 atom stereocenters. The van der Waals surface area contributed by atoms with Gasteiger partial charge in [0.15, 0.2) is 0 Å². The number of thiophene rings is 1. The Kier molecular flexibility index (Phi) is 6.17. The van der Waals surface area contributed by atoms with E-state index in [2.05, 4.69) is 33.8 Å². The minimum Gasteiger partial charge on any atom is -0.495 e. The zero-order valence-electron chi connectivity index (χ0n) is 17.7. The maximum Gasteiger partial charge on any atom is 0.271 e. The summed E-state index contributed by atoms with van der Waals surface area (Å²) >= 11 is 1.19. The molecule has 1 aromatic carbocycles. The van der Waals surface area contributed by atoms with Gasteiger partial charge in [-0.3, -0.25) is 9.71 Å². The van der Waals surface area contributed by atoms with E-state index in [1.165, 1.54) is 18.4 Å². The van der Waals surface area contributed by atoms with Gasteiger partial charge in [-0.1, -0.05) is 6.07 Å². The summed E-state index contributed by atoms with van der Waals surface area (Å²) in [4.78, 5) is 7.35. The quantitative estimate of drug-likeness (QED) is 0.585. The van der Waals surface area contributed by atoms with Gasteiger partial charge in [-0.2, -0.15) is 0 Å². The van der Waals surface area contributed by atoms with Crippen LogP contribution < -0.4 is 19.7 Å². The number of benzene rings is 1. The van der Waals surface area contributed by atoms with Gasteiger partial charge in [0.2, 0.25) is 0 Å². The van der Waals surface area contributed by atoms with Crippen LogP contribution in [0.15, 0.2) is 58.9 Å². The van der Waals surface area contributed by atoms with Gasteiger partial charge in [0.05, 0.1) is 23.4 Å². The molecule has 164 valence electrons. The lowest BCUT2D eigenvalue weighted by Crippen LogP contribution is -2.54. The fourth-order valence-corrected chi connectivity index (χ4v) is 6.16. The monoisotopic (exact) mass is 458 g/mol. The first kappa shape index (κ1) is 21.6. The Balaban J connectivity index is 1.61. The van der Waals surface area contributed by atoms with Crippen LogP contribution >= 0.6 is 11.3 Å². The molecule has 3 heterocycles. The third-order valence-electron chi connectivity index (χ3n) is 5.11. The van der Waals surface area contributed by atoms with Gasteiger partial charge in [0.1, 0.15) is 9.96 Å². The van der Waals surface area contributed by atoms with Crippen molar-refractivity contribution in [3.8, 4) is 16.3 Å². The van der Waals surface area contributed by atoms with Crippen molar-refractivity contribution in [2.75, 3.05) is 29.8 Å². The molecule has 1 aliphatic rings. The number of methoxy groups -OCH3 is 1. The molecule has 0 spiro atoms. The van der Waals surface area contributed by atoms with E-state index in [1.807, 2.05) is 30.3 Å². The summed E-state index contributed by atoms with van der Waals surface area (Å²) in [5.41, 5.74) is 2.13. The Labute approximate surface area is 187 Å². The Hall–Kier alpha value is -2.62. The maximum absolute atomic E-state index is 13.1. The number of hydrogen-bond acceptors (Lipinski definition) is 7. The molecule has 1 aliphatic heterocycles. The fourth-order valence-electron chi connectivity index (χ4n) is 3.82. The molecule has 31 heavy (non-hydrogen) atoms. The predicted molar refractivity (Wildman–Crippen MR) is 126 cm³/mol. The lowest BCUT2D eigenvalue weighted by Gasteiger charge is -2.38. The lowest BCUT2D eigenvalue weighted by molar-refractivity contribution is 0.406. The van der Waals surface area contributed by atoms with Crippen LogP contribution in [0.25, 0.3) is 10.6 Å². The van der Waals surface area contributed by atoms with Gasteiger partial charge >= 0.3 is 0 Å². The van der Waals surface area contributed by atoms with Crippen LogP contribution in [-0.2, 0) is 10.0 Å². The minimum atomic E-state index is -3.77. The highest BCUT2D eigenvalue weighted by molar-refractivity contribution is 7.94. The van der Waals surface area contributed by atoms with E-state index in [0.29, 0.717) is 23.5 Å². The molecule has 0 amide bonds. The average molecular weight is 459 g/mol. The highest BCUT2D eigenvalue weighted by Gasteiger charge is 2.24. The van der Waals surface area contributed by atoms with Crippen LogP contribution in [0.2, 0.25) is 0 Å². The van der Waals surface area contributed by atoms with Gasteiger partial charge in [-0.25, -0.2) is 8.42 Å². The molecule has 0 unspecified atom stereocenters. The first-order valence-corrected chi connectivity index (χ1v) is 12.4. The lowest BCUT2D eigenvalue weighted by atomic mass is 10.1. The van der Waals surface area contributed by atoms with E-state index in [9.17, 15) is 8.42 Å². The minimum absolute atomic E-state index is 0.227. The van der Waals surface area contributed by atoms with Crippen molar-refractivity contribution in [3.63, 3.8) is 0 Å². The number of nitrogens with zero attached hydrogens (tertiary/aromatic N) is 2. The van der Waals surface area contributed by atoms with Gasteiger partial charge in [0, 0.05) is 37.1 Å².